The fourth-order valence-electron chi connectivity index (χ4n) is 1.59. The Hall–Kier alpha value is -1.85. The maximum atomic E-state index is 13.6. The first-order valence-electron chi connectivity index (χ1n) is 5.96. The van der Waals surface area contributed by atoms with Crippen molar-refractivity contribution in [1.82, 2.24) is 4.98 Å². The molecule has 0 bridgehead atoms. The predicted molar refractivity (Wildman–Crippen MR) is 83.0 cm³/mol. The average molecular weight is 328 g/mol. The van der Waals surface area contributed by atoms with E-state index in [2.05, 4.69) is 15.5 Å². The molecular formula is C14H12Cl2FN3O. The molecular weight excluding hydrogens is 316 g/mol. The minimum absolute atomic E-state index is 0.182. The maximum absolute atomic E-state index is 13.6. The Labute approximate surface area is 131 Å². The second-order valence-corrected chi connectivity index (χ2v) is 4.99. The Morgan fingerprint density at radius 1 is 1.33 bits per heavy atom. The molecule has 0 unspecified atom stereocenters. The highest BCUT2D eigenvalue weighted by Gasteiger charge is 2.06. The molecule has 2 rings (SSSR count). The number of nitrogens with one attached hydrogen (secondary N) is 1. The van der Waals surface area contributed by atoms with E-state index in [4.69, 9.17) is 27.9 Å². The van der Waals surface area contributed by atoms with Crippen molar-refractivity contribution in [3.8, 4) is 5.75 Å². The number of anilines is 1. The summed E-state index contributed by atoms with van der Waals surface area (Å²) >= 11 is 11.7. The van der Waals surface area contributed by atoms with Crippen molar-refractivity contribution in [1.29, 1.82) is 0 Å². The smallest absolute Gasteiger partial charge is 0.165 e. The second kappa shape index (κ2) is 6.74. The third kappa shape index (κ3) is 3.83. The first kappa shape index (κ1) is 15.5. The number of halogens is 3. The van der Waals surface area contributed by atoms with Crippen LogP contribution >= 0.6 is 23.2 Å². The summed E-state index contributed by atoms with van der Waals surface area (Å²) in [5.41, 5.74) is 3.91. The molecule has 0 radical (unpaired) electrons. The van der Waals surface area contributed by atoms with Gasteiger partial charge < -0.3 is 4.74 Å². The Kier molecular flexibility index (Phi) is 4.98. The number of pyridine rings is 1. The van der Waals surface area contributed by atoms with Gasteiger partial charge in [0.15, 0.2) is 17.4 Å². The number of hydrogen-bond donors (Lipinski definition) is 1. The minimum atomic E-state index is -0.452. The summed E-state index contributed by atoms with van der Waals surface area (Å²) in [6.45, 7) is 1.73. The second-order valence-electron chi connectivity index (χ2n) is 4.14. The molecule has 0 amide bonds. The highest BCUT2D eigenvalue weighted by molar-refractivity contribution is 6.35. The molecule has 0 fully saturated rings. The Morgan fingerprint density at radius 3 is 2.71 bits per heavy atom. The van der Waals surface area contributed by atoms with Crippen LogP contribution in [0.5, 0.6) is 5.75 Å². The minimum Gasteiger partial charge on any atom is -0.494 e. The highest BCUT2D eigenvalue weighted by atomic mass is 35.5. The normalized spacial score (nSPS) is 11.4. The van der Waals surface area contributed by atoms with E-state index in [1.807, 2.05) is 0 Å². The summed E-state index contributed by atoms with van der Waals surface area (Å²) in [5, 5.41) is 4.90. The summed E-state index contributed by atoms with van der Waals surface area (Å²) in [7, 11) is 1.41. The van der Waals surface area contributed by atoms with Crippen molar-refractivity contribution in [2.24, 2.45) is 5.10 Å². The van der Waals surface area contributed by atoms with Gasteiger partial charge in [0.05, 0.1) is 22.9 Å². The fraction of sp³-hybridized carbons (Fsp3) is 0.143. The molecule has 0 saturated heterocycles. The standard InChI is InChI=1S/C14H12Cl2FN3O/c1-8(9-3-4-13(21-2)12(17)5-9)19-20-14-11(16)6-10(15)7-18-14/h3-7H,1-2H3,(H,18,20)/b19-8-. The van der Waals surface area contributed by atoms with E-state index in [0.29, 0.717) is 27.1 Å². The molecule has 0 spiro atoms. The van der Waals surface area contributed by atoms with Gasteiger partial charge in [-0.25, -0.2) is 9.37 Å². The van der Waals surface area contributed by atoms with Gasteiger partial charge in [-0.1, -0.05) is 23.2 Å². The summed E-state index contributed by atoms with van der Waals surface area (Å²) in [6.07, 6.45) is 1.45. The summed E-state index contributed by atoms with van der Waals surface area (Å²) < 4.78 is 18.5. The van der Waals surface area contributed by atoms with Gasteiger partial charge in [0, 0.05) is 11.8 Å². The van der Waals surface area contributed by atoms with Gasteiger partial charge in [0.25, 0.3) is 0 Å². The lowest BCUT2D eigenvalue weighted by Crippen LogP contribution is -2.02. The van der Waals surface area contributed by atoms with E-state index in [-0.39, 0.29) is 5.75 Å². The van der Waals surface area contributed by atoms with Gasteiger partial charge in [-0.3, -0.25) is 5.43 Å². The number of methoxy groups -OCH3 is 1. The molecule has 1 aromatic carbocycles. The first-order chi connectivity index (χ1) is 10.0. The van der Waals surface area contributed by atoms with Crippen molar-refractivity contribution < 1.29 is 9.13 Å². The van der Waals surface area contributed by atoms with E-state index in [0.717, 1.165) is 0 Å². The Morgan fingerprint density at radius 2 is 2.10 bits per heavy atom. The van der Waals surface area contributed by atoms with Crippen LogP contribution in [-0.4, -0.2) is 17.8 Å². The van der Waals surface area contributed by atoms with E-state index < -0.39 is 5.82 Å². The Balaban J connectivity index is 2.19. The van der Waals surface area contributed by atoms with E-state index in [1.165, 1.54) is 25.4 Å². The molecule has 21 heavy (non-hydrogen) atoms. The van der Waals surface area contributed by atoms with Crippen LogP contribution in [0.1, 0.15) is 12.5 Å². The number of rotatable bonds is 4. The van der Waals surface area contributed by atoms with Crippen molar-refractivity contribution >= 4 is 34.7 Å². The summed E-state index contributed by atoms with van der Waals surface area (Å²) in [4.78, 5) is 4.01. The van der Waals surface area contributed by atoms with Crippen LogP contribution in [0.2, 0.25) is 10.0 Å². The first-order valence-corrected chi connectivity index (χ1v) is 6.72. The van der Waals surface area contributed by atoms with E-state index >= 15 is 0 Å². The largest absolute Gasteiger partial charge is 0.494 e. The molecule has 0 atom stereocenters. The highest BCUT2D eigenvalue weighted by Crippen LogP contribution is 2.23. The van der Waals surface area contributed by atoms with Gasteiger partial charge in [0.1, 0.15) is 0 Å². The van der Waals surface area contributed by atoms with Crippen LogP contribution in [0.15, 0.2) is 35.6 Å². The number of hydrogen-bond acceptors (Lipinski definition) is 4. The lowest BCUT2D eigenvalue weighted by atomic mass is 10.1. The molecule has 1 heterocycles. The molecule has 2 aromatic rings. The lowest BCUT2D eigenvalue weighted by molar-refractivity contribution is 0.386. The molecule has 110 valence electrons. The maximum Gasteiger partial charge on any atom is 0.165 e. The number of aromatic nitrogens is 1. The summed E-state index contributed by atoms with van der Waals surface area (Å²) in [5.74, 6) is 0.100. The topological polar surface area (TPSA) is 46.5 Å². The van der Waals surface area contributed by atoms with Crippen LogP contribution in [0, 0.1) is 5.82 Å². The molecule has 1 aromatic heterocycles. The number of ether oxygens (including phenoxy) is 1. The van der Waals surface area contributed by atoms with Gasteiger partial charge in [0.2, 0.25) is 0 Å². The predicted octanol–water partition coefficient (Wildman–Crippen LogP) is 4.37. The van der Waals surface area contributed by atoms with Crippen molar-refractivity contribution in [2.75, 3.05) is 12.5 Å². The summed E-state index contributed by atoms with van der Waals surface area (Å²) in [6, 6.07) is 6.14. The molecule has 0 aliphatic heterocycles. The van der Waals surface area contributed by atoms with Gasteiger partial charge in [-0.15, -0.1) is 0 Å². The van der Waals surface area contributed by atoms with Gasteiger partial charge in [-0.2, -0.15) is 5.10 Å². The molecule has 0 aliphatic carbocycles. The third-order valence-corrected chi connectivity index (χ3v) is 3.20. The van der Waals surface area contributed by atoms with Crippen LogP contribution < -0.4 is 10.2 Å². The van der Waals surface area contributed by atoms with E-state index in [1.54, 1.807) is 19.1 Å². The monoisotopic (exact) mass is 327 g/mol. The zero-order chi connectivity index (χ0) is 15.4. The Bertz CT molecular complexity index is 692. The van der Waals surface area contributed by atoms with Crippen LogP contribution in [-0.2, 0) is 0 Å². The molecule has 4 nitrogen and oxygen atoms in total. The van der Waals surface area contributed by atoms with Crippen LogP contribution in [0.25, 0.3) is 0 Å². The lowest BCUT2D eigenvalue weighted by Gasteiger charge is -2.06. The van der Waals surface area contributed by atoms with Crippen molar-refractivity contribution in [3.63, 3.8) is 0 Å². The number of benzene rings is 1. The van der Waals surface area contributed by atoms with Crippen LogP contribution in [0.3, 0.4) is 0 Å². The zero-order valence-electron chi connectivity index (χ0n) is 11.3. The number of hydrazone groups is 1. The molecule has 1 N–H and O–H groups in total. The SMILES string of the molecule is COc1ccc(/C(C)=N\Nc2ncc(Cl)cc2Cl)cc1F. The average Bonchev–Trinajstić information content (AvgIpc) is 2.46. The molecule has 7 heteroatoms. The number of nitrogens with zero attached hydrogens (tertiary/aromatic N) is 2. The van der Waals surface area contributed by atoms with Crippen molar-refractivity contribution in [3.05, 3.63) is 51.9 Å². The molecule has 0 aliphatic rings. The molecule has 0 saturated carbocycles. The van der Waals surface area contributed by atoms with E-state index in [9.17, 15) is 4.39 Å². The third-order valence-electron chi connectivity index (χ3n) is 2.71. The fourth-order valence-corrected chi connectivity index (χ4v) is 2.01. The van der Waals surface area contributed by atoms with Crippen molar-refractivity contribution in [2.45, 2.75) is 6.92 Å². The van der Waals surface area contributed by atoms with Crippen LogP contribution in [0.4, 0.5) is 10.2 Å². The van der Waals surface area contributed by atoms with Gasteiger partial charge in [-0.05, 0) is 31.2 Å². The quantitative estimate of drug-likeness (QED) is 0.669. The van der Waals surface area contributed by atoms with Gasteiger partial charge >= 0.3 is 0 Å². The zero-order valence-corrected chi connectivity index (χ0v) is 12.8.